The highest BCUT2D eigenvalue weighted by molar-refractivity contribution is 5.76. The van der Waals surface area contributed by atoms with Gasteiger partial charge in [-0.3, -0.25) is 9.59 Å². The highest BCUT2D eigenvalue weighted by atomic mass is 16.8. The summed E-state index contributed by atoms with van der Waals surface area (Å²) < 4.78 is 33.3. The normalized spacial score (nSPS) is 39.8. The largest absolute Gasteiger partial charge is 0.477 e. The lowest BCUT2D eigenvalue weighted by atomic mass is 9.88. The zero-order valence-electron chi connectivity index (χ0n) is 30.4. The number of aliphatic carboxylic acids is 1. The summed E-state index contributed by atoms with van der Waals surface area (Å²) >= 11 is 0. The second-order valence-corrected chi connectivity index (χ2v) is 13.8. The van der Waals surface area contributed by atoms with E-state index in [0.29, 0.717) is 0 Å². The Kier molecular flexibility index (Phi) is 17.6. The molecule has 0 aromatic rings. The number of aliphatic hydroxyl groups is 13. The average molecular weight is 823 g/mol. The summed E-state index contributed by atoms with van der Waals surface area (Å²) in [6.45, 7) is -0.978. The van der Waals surface area contributed by atoms with E-state index in [1.54, 1.807) is 0 Å². The minimum absolute atomic E-state index is 0.769. The molecule has 0 aromatic heterocycles. The quantitative estimate of drug-likeness (QED) is 0.0610. The summed E-state index contributed by atoms with van der Waals surface area (Å²) in [6.07, 6.45) is -33.6. The molecule has 0 bridgehead atoms. The second-order valence-electron chi connectivity index (χ2n) is 13.8. The van der Waals surface area contributed by atoms with Gasteiger partial charge < -0.3 is 111 Å². The van der Waals surface area contributed by atoms with E-state index in [0.717, 1.165) is 13.8 Å². The smallest absolute Gasteiger partial charge is 0.364 e. The molecule has 0 spiro atoms. The lowest BCUT2D eigenvalue weighted by Crippen LogP contribution is -2.68. The second kappa shape index (κ2) is 20.6. The Morgan fingerprint density at radius 1 is 0.821 bits per heavy atom. The zero-order valence-corrected chi connectivity index (χ0v) is 30.4. The third-order valence-corrected chi connectivity index (χ3v) is 9.60. The number of nitrogens with one attached hydrogen (secondary N) is 2. The molecular weight excluding hydrogens is 768 g/mol. The van der Waals surface area contributed by atoms with Crippen LogP contribution in [0.3, 0.4) is 0 Å². The SMILES string of the molecule is CC(=O)N[C@H]1[C@H]([C@H](O)[C@H](O)CO)O[C@@](OC[C@@H](O)[C@@H](O)[C@H](O[C@@H]2O[C@H](CO)[C@H](O)[C@H](O)[C@H]2O[C@@H]2O[C@@H](C)[C@@H](O)[C@@H](O)[C@@H]2O)[C@H](CO)NC(C)=O)(C(=O)O)C[C@@H]1O. The van der Waals surface area contributed by atoms with Gasteiger partial charge in [0.1, 0.15) is 79.4 Å². The van der Waals surface area contributed by atoms with Crippen LogP contribution in [0.5, 0.6) is 0 Å². The van der Waals surface area contributed by atoms with Crippen molar-refractivity contribution in [2.45, 2.75) is 149 Å². The number of hydrogen-bond donors (Lipinski definition) is 16. The molecule has 3 aliphatic rings. The molecule has 2 amide bonds. The van der Waals surface area contributed by atoms with E-state index in [9.17, 15) is 85.9 Å². The van der Waals surface area contributed by atoms with E-state index in [1.165, 1.54) is 6.92 Å². The summed E-state index contributed by atoms with van der Waals surface area (Å²) in [4.78, 5) is 36.5. The van der Waals surface area contributed by atoms with E-state index < -0.39 is 173 Å². The fraction of sp³-hybridized carbons (Fsp3) is 0.903. The molecule has 3 rings (SSSR count). The van der Waals surface area contributed by atoms with Crippen LogP contribution < -0.4 is 10.6 Å². The molecule has 25 nitrogen and oxygen atoms in total. The van der Waals surface area contributed by atoms with Crippen molar-refractivity contribution in [2.24, 2.45) is 0 Å². The number of carboxylic acid groups (broad SMARTS) is 1. The lowest BCUT2D eigenvalue weighted by Gasteiger charge is -2.47. The Balaban J connectivity index is 1.95. The van der Waals surface area contributed by atoms with Gasteiger partial charge in [-0.15, -0.1) is 0 Å². The molecule has 0 unspecified atom stereocenters. The molecule has 3 heterocycles. The third-order valence-electron chi connectivity index (χ3n) is 9.60. The van der Waals surface area contributed by atoms with Crippen molar-refractivity contribution in [3.05, 3.63) is 0 Å². The Labute approximate surface area is 318 Å². The van der Waals surface area contributed by atoms with E-state index in [1.807, 2.05) is 0 Å². The number of ether oxygens (including phenoxy) is 6. The number of carbonyl (C=O) groups is 3. The molecule has 3 saturated heterocycles. The van der Waals surface area contributed by atoms with Crippen molar-refractivity contribution in [3.63, 3.8) is 0 Å². The van der Waals surface area contributed by atoms with Crippen molar-refractivity contribution in [1.29, 1.82) is 0 Å². The van der Waals surface area contributed by atoms with Gasteiger partial charge in [-0.2, -0.15) is 0 Å². The van der Waals surface area contributed by atoms with E-state index in [2.05, 4.69) is 10.6 Å². The van der Waals surface area contributed by atoms with Gasteiger partial charge in [0.25, 0.3) is 5.79 Å². The van der Waals surface area contributed by atoms with Crippen molar-refractivity contribution in [3.8, 4) is 0 Å². The average Bonchev–Trinajstić information content (AvgIpc) is 3.15. The van der Waals surface area contributed by atoms with Crippen LogP contribution in [0.1, 0.15) is 27.2 Å². The van der Waals surface area contributed by atoms with Crippen LogP contribution in [0.15, 0.2) is 0 Å². The first-order chi connectivity index (χ1) is 26.1. The van der Waals surface area contributed by atoms with Crippen molar-refractivity contribution >= 4 is 17.8 Å². The van der Waals surface area contributed by atoms with E-state index in [-0.39, 0.29) is 0 Å². The van der Waals surface area contributed by atoms with Crippen molar-refractivity contribution in [1.82, 2.24) is 10.6 Å². The van der Waals surface area contributed by atoms with Crippen LogP contribution in [0.25, 0.3) is 0 Å². The van der Waals surface area contributed by atoms with Gasteiger partial charge in [0, 0.05) is 20.3 Å². The number of rotatable bonds is 18. The van der Waals surface area contributed by atoms with Gasteiger partial charge in [-0.05, 0) is 6.92 Å². The Morgan fingerprint density at radius 3 is 2.00 bits per heavy atom. The van der Waals surface area contributed by atoms with Crippen LogP contribution in [-0.2, 0) is 42.8 Å². The summed E-state index contributed by atoms with van der Waals surface area (Å²) in [6, 6.07) is -3.24. The molecule has 0 aromatic carbocycles. The molecule has 0 radical (unpaired) electrons. The van der Waals surface area contributed by atoms with Crippen LogP contribution in [0.4, 0.5) is 0 Å². The third kappa shape index (κ3) is 11.0. The van der Waals surface area contributed by atoms with Crippen LogP contribution in [0.2, 0.25) is 0 Å². The number of carboxylic acids is 1. The maximum atomic E-state index is 12.6. The first kappa shape index (κ1) is 48.0. The van der Waals surface area contributed by atoms with E-state index >= 15 is 0 Å². The summed E-state index contributed by atoms with van der Waals surface area (Å²) in [5.41, 5.74) is 0. The number of hydrogen-bond acceptors (Lipinski definition) is 22. The van der Waals surface area contributed by atoms with Crippen molar-refractivity contribution in [2.75, 3.05) is 26.4 Å². The van der Waals surface area contributed by atoms with Crippen LogP contribution in [0, 0.1) is 0 Å². The van der Waals surface area contributed by atoms with Crippen molar-refractivity contribution < 1.29 is 114 Å². The highest BCUT2D eigenvalue weighted by Crippen LogP contribution is 2.35. The topological polar surface area (TPSA) is 414 Å². The first-order valence-electron chi connectivity index (χ1n) is 17.5. The molecule has 20 atom stereocenters. The molecule has 326 valence electrons. The summed E-state index contributed by atoms with van der Waals surface area (Å²) in [7, 11) is 0. The van der Waals surface area contributed by atoms with Gasteiger partial charge in [0.15, 0.2) is 12.6 Å². The number of amides is 2. The minimum atomic E-state index is -2.98. The Morgan fingerprint density at radius 2 is 1.46 bits per heavy atom. The van der Waals surface area contributed by atoms with Gasteiger partial charge in [-0.1, -0.05) is 0 Å². The molecule has 25 heteroatoms. The minimum Gasteiger partial charge on any atom is -0.477 e. The first-order valence-corrected chi connectivity index (χ1v) is 17.5. The van der Waals surface area contributed by atoms with Gasteiger partial charge in [0.05, 0.1) is 50.7 Å². The fourth-order valence-electron chi connectivity index (χ4n) is 6.47. The molecule has 0 saturated carbocycles. The molecular formula is C31H54N2O23. The van der Waals surface area contributed by atoms with Gasteiger partial charge in [-0.25, -0.2) is 4.79 Å². The zero-order chi connectivity index (χ0) is 42.4. The predicted molar refractivity (Wildman–Crippen MR) is 175 cm³/mol. The maximum Gasteiger partial charge on any atom is 0.364 e. The van der Waals surface area contributed by atoms with Gasteiger partial charge >= 0.3 is 5.97 Å². The lowest BCUT2D eigenvalue weighted by molar-refractivity contribution is -0.373. The fourth-order valence-corrected chi connectivity index (χ4v) is 6.47. The van der Waals surface area contributed by atoms with E-state index in [4.69, 9.17) is 28.4 Å². The molecule has 56 heavy (non-hydrogen) atoms. The van der Waals surface area contributed by atoms with Crippen LogP contribution >= 0.6 is 0 Å². The predicted octanol–water partition coefficient (Wildman–Crippen LogP) is -9.59. The molecule has 16 N–H and O–H groups in total. The molecule has 0 aliphatic carbocycles. The maximum absolute atomic E-state index is 12.6. The molecule has 3 fully saturated rings. The standard InChI is InChI=1S/C31H54N2O23/c1-9-18(42)22(46)24(48)28(52-9)55-27-23(47)21(45)16(7-36)53-29(27)54-25(12(5-34)32-10(2)37)20(44)15(41)8-51-31(30(49)50)4-13(39)17(33-11(3)38)26(56-31)19(43)14(40)6-35/h9,12-29,34-36,39-48H,4-8H2,1-3H3,(H,32,37)(H,33,38)(H,49,50)/t9-,12-,13-,14+,15+,16+,17+,18+,19+,20+,21-,22+,23-,24-,25+,26+,27+,28-,29-,31+/m0/s1. The number of carbonyl (C=O) groups excluding carboxylic acids is 2. The Bertz CT molecular complexity index is 1290. The summed E-state index contributed by atoms with van der Waals surface area (Å²) in [5, 5.41) is 151. The summed E-state index contributed by atoms with van der Waals surface area (Å²) in [5.74, 6) is -6.54. The van der Waals surface area contributed by atoms with Crippen LogP contribution in [-0.4, -0.2) is 238 Å². The highest BCUT2D eigenvalue weighted by Gasteiger charge is 2.57. The number of aliphatic hydroxyl groups excluding tert-OH is 13. The molecule has 3 aliphatic heterocycles. The van der Waals surface area contributed by atoms with Gasteiger partial charge in [0.2, 0.25) is 11.8 Å². The Hall–Kier alpha value is -2.35. The monoisotopic (exact) mass is 822 g/mol.